The fraction of sp³-hybridized carbons (Fsp3) is 0.250. The Bertz CT molecular complexity index is 1280. The van der Waals surface area contributed by atoms with E-state index < -0.39 is 0 Å². The number of halogens is 1. The number of methoxy groups -OCH3 is 2. The molecule has 7 nitrogen and oxygen atoms in total. The van der Waals surface area contributed by atoms with Gasteiger partial charge in [0.25, 0.3) is 0 Å². The summed E-state index contributed by atoms with van der Waals surface area (Å²) in [6.07, 6.45) is 0. The van der Waals surface area contributed by atoms with Crippen LogP contribution in [0.3, 0.4) is 0 Å². The molecule has 172 valence electrons. The monoisotopic (exact) mass is 485 g/mol. The van der Waals surface area contributed by atoms with E-state index in [9.17, 15) is 4.79 Å². The quantitative estimate of drug-likeness (QED) is 0.316. The number of fused-ring (bicyclic) bond motifs is 1. The van der Waals surface area contributed by atoms with Gasteiger partial charge in [-0.1, -0.05) is 35.1 Å². The van der Waals surface area contributed by atoms with Crippen molar-refractivity contribution in [2.24, 2.45) is 0 Å². The highest BCUT2D eigenvalue weighted by Gasteiger charge is 2.24. The summed E-state index contributed by atoms with van der Waals surface area (Å²) in [5, 5.41) is 4.18. The van der Waals surface area contributed by atoms with E-state index in [1.807, 2.05) is 53.8 Å². The number of ether oxygens (including phenoxy) is 3. The Kier molecular flexibility index (Phi) is 6.76. The Hall–Kier alpha value is -3.23. The van der Waals surface area contributed by atoms with E-state index in [0.717, 1.165) is 28.3 Å². The van der Waals surface area contributed by atoms with Gasteiger partial charge >= 0.3 is 5.97 Å². The number of hydrogen-bond donors (Lipinski definition) is 1. The lowest BCUT2D eigenvalue weighted by molar-refractivity contribution is 0.0531. The molecule has 0 aliphatic carbocycles. The van der Waals surface area contributed by atoms with Crippen molar-refractivity contribution in [2.45, 2.75) is 20.4 Å². The van der Waals surface area contributed by atoms with Crippen LogP contribution in [0.15, 0.2) is 42.5 Å². The molecule has 4 rings (SSSR count). The fourth-order valence-corrected chi connectivity index (χ4v) is 4.67. The summed E-state index contributed by atoms with van der Waals surface area (Å²) in [4.78, 5) is 18.5. The summed E-state index contributed by atoms with van der Waals surface area (Å²) in [5.41, 5.74) is 3.38. The number of nitrogens with zero attached hydrogens (tertiary/aromatic N) is 2. The predicted molar refractivity (Wildman–Crippen MR) is 131 cm³/mol. The molecule has 1 N–H and O–H groups in total. The van der Waals surface area contributed by atoms with Crippen LogP contribution in [0, 0.1) is 6.92 Å². The molecular formula is C24H24ClN3O4S. The number of nitrogens with one attached hydrogen (secondary N) is 1. The molecular weight excluding hydrogens is 462 g/mol. The van der Waals surface area contributed by atoms with E-state index in [4.69, 9.17) is 30.8 Å². The first-order valence-corrected chi connectivity index (χ1v) is 11.5. The van der Waals surface area contributed by atoms with Crippen LogP contribution in [-0.4, -0.2) is 36.2 Å². The highest BCUT2D eigenvalue weighted by Crippen LogP contribution is 2.38. The number of imidazole rings is 1. The molecule has 0 aliphatic heterocycles. The smallest absolute Gasteiger partial charge is 0.350 e. The highest BCUT2D eigenvalue weighted by molar-refractivity contribution is 7.19. The molecule has 2 aromatic carbocycles. The number of aryl methyl sites for hydroxylation is 1. The second-order valence-corrected chi connectivity index (χ2v) is 8.66. The summed E-state index contributed by atoms with van der Waals surface area (Å²) >= 11 is 7.33. The van der Waals surface area contributed by atoms with Crippen LogP contribution in [0.1, 0.15) is 27.9 Å². The maximum absolute atomic E-state index is 12.5. The lowest BCUT2D eigenvalue weighted by Crippen LogP contribution is -2.07. The van der Waals surface area contributed by atoms with Crippen molar-refractivity contribution in [1.82, 2.24) is 9.38 Å². The van der Waals surface area contributed by atoms with Crippen LogP contribution in [0.25, 0.3) is 16.2 Å². The lowest BCUT2D eigenvalue weighted by Gasteiger charge is -2.12. The molecule has 0 fully saturated rings. The number of thiazole rings is 1. The Morgan fingerprint density at radius 3 is 2.39 bits per heavy atom. The molecule has 0 aliphatic rings. The second-order valence-electron chi connectivity index (χ2n) is 7.25. The Morgan fingerprint density at radius 1 is 1.12 bits per heavy atom. The van der Waals surface area contributed by atoms with Crippen molar-refractivity contribution < 1.29 is 19.0 Å². The van der Waals surface area contributed by atoms with Crippen molar-refractivity contribution in [1.29, 1.82) is 0 Å². The van der Waals surface area contributed by atoms with Gasteiger partial charge in [0.05, 0.1) is 20.8 Å². The minimum absolute atomic E-state index is 0.315. The maximum atomic E-state index is 12.5. The molecule has 0 bridgehead atoms. The topological polar surface area (TPSA) is 74.1 Å². The Balaban J connectivity index is 1.84. The number of anilines is 1. The van der Waals surface area contributed by atoms with Crippen LogP contribution in [-0.2, 0) is 11.3 Å². The molecule has 0 atom stereocenters. The van der Waals surface area contributed by atoms with Gasteiger partial charge in [-0.15, -0.1) is 0 Å². The molecule has 2 aromatic heterocycles. The average Bonchev–Trinajstić information content (AvgIpc) is 3.35. The standard InChI is InChI=1S/C24H24ClN3O4S/c1-5-32-23(29)21-14(2)28-22(26-13-15-6-8-17(25)9-7-15)20(27-24(28)33-21)16-10-18(30-3)12-19(11-16)31-4/h6-12,26H,5,13H2,1-4H3. The Morgan fingerprint density at radius 2 is 1.79 bits per heavy atom. The zero-order valence-electron chi connectivity index (χ0n) is 18.8. The number of carbonyl (C=O) groups excluding carboxylic acids is 1. The minimum Gasteiger partial charge on any atom is -0.497 e. The van der Waals surface area contributed by atoms with Gasteiger partial charge in [-0.3, -0.25) is 4.40 Å². The number of benzene rings is 2. The zero-order chi connectivity index (χ0) is 23.5. The Labute approximate surface area is 200 Å². The van der Waals surface area contributed by atoms with Crippen LogP contribution in [0.4, 0.5) is 5.82 Å². The van der Waals surface area contributed by atoms with Gasteiger partial charge in [0.15, 0.2) is 4.96 Å². The van der Waals surface area contributed by atoms with Gasteiger partial charge in [0, 0.05) is 28.9 Å². The lowest BCUT2D eigenvalue weighted by atomic mass is 10.1. The number of carbonyl (C=O) groups is 1. The summed E-state index contributed by atoms with van der Waals surface area (Å²) in [7, 11) is 3.22. The molecule has 4 aromatic rings. The number of esters is 1. The summed E-state index contributed by atoms with van der Waals surface area (Å²) < 4.78 is 18.1. The van der Waals surface area contributed by atoms with Crippen LogP contribution in [0.2, 0.25) is 5.02 Å². The third-order valence-electron chi connectivity index (χ3n) is 5.16. The zero-order valence-corrected chi connectivity index (χ0v) is 20.3. The first-order valence-electron chi connectivity index (χ1n) is 10.4. The molecule has 33 heavy (non-hydrogen) atoms. The molecule has 0 saturated heterocycles. The highest BCUT2D eigenvalue weighted by atomic mass is 35.5. The summed E-state index contributed by atoms with van der Waals surface area (Å²) in [6, 6.07) is 13.3. The third-order valence-corrected chi connectivity index (χ3v) is 6.54. The molecule has 0 amide bonds. The largest absolute Gasteiger partial charge is 0.497 e. The van der Waals surface area contributed by atoms with E-state index in [1.54, 1.807) is 21.1 Å². The summed E-state index contributed by atoms with van der Waals surface area (Å²) in [6.45, 7) is 4.54. The van der Waals surface area contributed by atoms with E-state index in [0.29, 0.717) is 39.5 Å². The molecule has 2 heterocycles. The van der Waals surface area contributed by atoms with Crippen molar-refractivity contribution in [3.8, 4) is 22.8 Å². The molecule has 0 saturated carbocycles. The summed E-state index contributed by atoms with van der Waals surface area (Å²) in [5.74, 6) is 1.74. The first-order chi connectivity index (χ1) is 15.9. The SMILES string of the molecule is CCOC(=O)c1sc2nc(-c3cc(OC)cc(OC)c3)c(NCc3ccc(Cl)cc3)n2c1C. The van der Waals surface area contributed by atoms with E-state index in [-0.39, 0.29) is 5.97 Å². The fourth-order valence-electron chi connectivity index (χ4n) is 3.53. The van der Waals surface area contributed by atoms with Gasteiger partial charge in [-0.2, -0.15) is 0 Å². The molecule has 0 unspecified atom stereocenters. The van der Waals surface area contributed by atoms with Crippen LogP contribution in [0.5, 0.6) is 11.5 Å². The van der Waals surface area contributed by atoms with Crippen molar-refractivity contribution in [3.63, 3.8) is 0 Å². The molecule has 0 spiro atoms. The van der Waals surface area contributed by atoms with Crippen molar-refractivity contribution in [2.75, 3.05) is 26.1 Å². The van der Waals surface area contributed by atoms with Gasteiger partial charge in [0.1, 0.15) is 27.9 Å². The number of aromatic nitrogens is 2. The normalized spacial score (nSPS) is 10.9. The van der Waals surface area contributed by atoms with Gasteiger partial charge in [0.2, 0.25) is 0 Å². The van der Waals surface area contributed by atoms with E-state index in [1.165, 1.54) is 11.3 Å². The third kappa shape index (κ3) is 4.62. The number of rotatable bonds is 8. The first kappa shape index (κ1) is 22.9. The molecule has 9 heteroatoms. The van der Waals surface area contributed by atoms with Gasteiger partial charge < -0.3 is 19.5 Å². The van der Waals surface area contributed by atoms with Crippen LogP contribution >= 0.6 is 22.9 Å². The minimum atomic E-state index is -0.348. The van der Waals surface area contributed by atoms with Crippen LogP contribution < -0.4 is 14.8 Å². The molecule has 0 radical (unpaired) electrons. The predicted octanol–water partition coefficient (Wildman–Crippen LogP) is 5.83. The van der Waals surface area contributed by atoms with Crippen molar-refractivity contribution in [3.05, 3.63) is 63.6 Å². The average molecular weight is 486 g/mol. The number of hydrogen-bond acceptors (Lipinski definition) is 7. The van der Waals surface area contributed by atoms with Gasteiger partial charge in [-0.05, 0) is 43.7 Å². The van der Waals surface area contributed by atoms with E-state index >= 15 is 0 Å². The second kappa shape index (κ2) is 9.72. The van der Waals surface area contributed by atoms with E-state index in [2.05, 4.69) is 5.32 Å². The maximum Gasteiger partial charge on any atom is 0.350 e. The van der Waals surface area contributed by atoms with Gasteiger partial charge in [-0.25, -0.2) is 9.78 Å². The van der Waals surface area contributed by atoms with Crippen molar-refractivity contribution >= 4 is 39.7 Å².